The van der Waals surface area contributed by atoms with Crippen molar-refractivity contribution in [2.45, 2.75) is 19.4 Å². The zero-order chi connectivity index (χ0) is 19.8. The number of nitrogens with zero attached hydrogens (tertiary/aromatic N) is 1. The molecule has 0 saturated carbocycles. The van der Waals surface area contributed by atoms with Gasteiger partial charge in [-0.1, -0.05) is 30.3 Å². The van der Waals surface area contributed by atoms with Gasteiger partial charge in [-0.25, -0.2) is 0 Å². The van der Waals surface area contributed by atoms with E-state index in [1.54, 1.807) is 12.0 Å². The maximum absolute atomic E-state index is 12.5. The molecule has 28 heavy (non-hydrogen) atoms. The average molecular weight is 382 g/mol. The van der Waals surface area contributed by atoms with Gasteiger partial charge < -0.3 is 19.7 Å². The first-order valence-electron chi connectivity index (χ1n) is 9.50. The summed E-state index contributed by atoms with van der Waals surface area (Å²) < 4.78 is 10.8. The number of benzene rings is 2. The Bertz CT molecular complexity index is 777. The monoisotopic (exact) mass is 382 g/mol. The number of ether oxygens (including phenoxy) is 2. The van der Waals surface area contributed by atoms with Gasteiger partial charge in [0.25, 0.3) is 0 Å². The summed E-state index contributed by atoms with van der Waals surface area (Å²) >= 11 is 0. The standard InChI is InChI=1S/C22H26N2O4/c1-27-13-5-12-24-15-18(14-21(24)25)22(26)23-19-8-10-20(11-9-19)28-16-17-6-3-2-4-7-17/h2-4,6-11,18H,5,12-16H2,1H3,(H,23,26). The van der Waals surface area contributed by atoms with Gasteiger partial charge in [-0.3, -0.25) is 9.59 Å². The number of hydrogen-bond donors (Lipinski definition) is 1. The topological polar surface area (TPSA) is 67.9 Å². The minimum absolute atomic E-state index is 0.0286. The summed E-state index contributed by atoms with van der Waals surface area (Å²) in [6.07, 6.45) is 1.04. The van der Waals surface area contributed by atoms with Crippen LogP contribution in [0.25, 0.3) is 0 Å². The van der Waals surface area contributed by atoms with E-state index in [-0.39, 0.29) is 24.2 Å². The number of methoxy groups -OCH3 is 1. The highest BCUT2D eigenvalue weighted by Crippen LogP contribution is 2.22. The molecule has 1 atom stereocenters. The summed E-state index contributed by atoms with van der Waals surface area (Å²) in [5.41, 5.74) is 1.79. The van der Waals surface area contributed by atoms with Gasteiger partial charge in [0.05, 0.1) is 5.92 Å². The number of anilines is 1. The van der Waals surface area contributed by atoms with Crippen LogP contribution in [-0.2, 0) is 20.9 Å². The second-order valence-electron chi connectivity index (χ2n) is 6.88. The zero-order valence-electron chi connectivity index (χ0n) is 16.1. The maximum Gasteiger partial charge on any atom is 0.229 e. The third-order valence-corrected chi connectivity index (χ3v) is 4.73. The van der Waals surface area contributed by atoms with Crippen LogP contribution in [-0.4, -0.2) is 43.5 Å². The van der Waals surface area contributed by atoms with Crippen molar-refractivity contribution >= 4 is 17.5 Å². The summed E-state index contributed by atoms with van der Waals surface area (Å²) in [5, 5.41) is 2.90. The number of rotatable bonds is 9. The summed E-state index contributed by atoms with van der Waals surface area (Å²) in [5.74, 6) is 0.327. The molecule has 0 bridgehead atoms. The summed E-state index contributed by atoms with van der Waals surface area (Å²) in [7, 11) is 1.64. The molecule has 0 spiro atoms. The predicted molar refractivity (Wildman–Crippen MR) is 107 cm³/mol. The number of carbonyl (C=O) groups is 2. The van der Waals surface area contributed by atoms with Crippen molar-refractivity contribution in [2.24, 2.45) is 5.92 Å². The fraction of sp³-hybridized carbons (Fsp3) is 0.364. The number of nitrogens with one attached hydrogen (secondary N) is 1. The highest BCUT2D eigenvalue weighted by atomic mass is 16.5. The number of hydrogen-bond acceptors (Lipinski definition) is 4. The van der Waals surface area contributed by atoms with Crippen LogP contribution in [0.2, 0.25) is 0 Å². The highest BCUT2D eigenvalue weighted by molar-refractivity contribution is 5.97. The Morgan fingerprint density at radius 2 is 1.89 bits per heavy atom. The van der Waals surface area contributed by atoms with E-state index in [0.29, 0.717) is 32.0 Å². The highest BCUT2D eigenvalue weighted by Gasteiger charge is 2.33. The molecular formula is C22H26N2O4. The minimum Gasteiger partial charge on any atom is -0.489 e. The molecule has 1 N–H and O–H groups in total. The van der Waals surface area contributed by atoms with E-state index in [4.69, 9.17) is 9.47 Å². The molecule has 0 aromatic heterocycles. The molecule has 2 aromatic carbocycles. The van der Waals surface area contributed by atoms with Crippen LogP contribution < -0.4 is 10.1 Å². The second-order valence-corrected chi connectivity index (χ2v) is 6.88. The molecule has 0 aliphatic carbocycles. The van der Waals surface area contributed by atoms with Crippen LogP contribution in [0.5, 0.6) is 5.75 Å². The van der Waals surface area contributed by atoms with Crippen molar-refractivity contribution in [3.63, 3.8) is 0 Å². The molecule has 1 aliphatic heterocycles. The van der Waals surface area contributed by atoms with Crippen molar-refractivity contribution in [1.29, 1.82) is 0 Å². The predicted octanol–water partition coefficient (Wildman–Crippen LogP) is 3.09. The average Bonchev–Trinajstić information content (AvgIpc) is 3.09. The lowest BCUT2D eigenvalue weighted by Crippen LogP contribution is -2.29. The Morgan fingerprint density at radius 3 is 2.61 bits per heavy atom. The summed E-state index contributed by atoms with van der Waals surface area (Å²) in [4.78, 5) is 26.3. The number of carbonyl (C=O) groups excluding carboxylic acids is 2. The van der Waals surface area contributed by atoms with Crippen molar-refractivity contribution in [3.8, 4) is 5.75 Å². The Labute approximate surface area is 165 Å². The first kappa shape index (κ1) is 19.9. The van der Waals surface area contributed by atoms with Crippen molar-refractivity contribution < 1.29 is 19.1 Å². The third kappa shape index (κ3) is 5.57. The van der Waals surface area contributed by atoms with Crippen molar-refractivity contribution in [2.75, 3.05) is 32.1 Å². The van der Waals surface area contributed by atoms with E-state index in [9.17, 15) is 9.59 Å². The second kappa shape index (κ2) is 9.90. The Kier molecular flexibility index (Phi) is 7.03. The molecule has 1 fully saturated rings. The Hall–Kier alpha value is -2.86. The van der Waals surface area contributed by atoms with Gasteiger partial charge in [0.15, 0.2) is 0 Å². The first-order valence-corrected chi connectivity index (χ1v) is 9.50. The molecule has 6 nitrogen and oxygen atoms in total. The number of likely N-dealkylation sites (tertiary alicyclic amines) is 1. The Morgan fingerprint density at radius 1 is 1.14 bits per heavy atom. The number of amides is 2. The van der Waals surface area contributed by atoms with Gasteiger partial charge in [-0.15, -0.1) is 0 Å². The molecule has 1 saturated heterocycles. The van der Waals surface area contributed by atoms with Gasteiger partial charge in [0.1, 0.15) is 12.4 Å². The van der Waals surface area contributed by atoms with E-state index in [1.807, 2.05) is 54.6 Å². The van der Waals surface area contributed by atoms with E-state index in [1.165, 1.54) is 0 Å². The summed E-state index contributed by atoms with van der Waals surface area (Å²) in [6.45, 7) is 2.20. The van der Waals surface area contributed by atoms with Gasteiger partial charge in [-0.2, -0.15) is 0 Å². The van der Waals surface area contributed by atoms with Crippen LogP contribution in [0.3, 0.4) is 0 Å². The van der Waals surface area contributed by atoms with Crippen LogP contribution >= 0.6 is 0 Å². The summed E-state index contributed by atoms with van der Waals surface area (Å²) in [6, 6.07) is 17.2. The maximum atomic E-state index is 12.5. The van der Waals surface area contributed by atoms with E-state index >= 15 is 0 Å². The molecule has 1 unspecified atom stereocenters. The fourth-order valence-electron chi connectivity index (χ4n) is 3.18. The van der Waals surface area contributed by atoms with Crippen LogP contribution in [0, 0.1) is 5.92 Å². The molecule has 1 aliphatic rings. The normalized spacial score (nSPS) is 16.2. The third-order valence-electron chi connectivity index (χ3n) is 4.73. The lowest BCUT2D eigenvalue weighted by atomic mass is 10.1. The van der Waals surface area contributed by atoms with Crippen LogP contribution in [0.4, 0.5) is 5.69 Å². The first-order chi connectivity index (χ1) is 13.7. The zero-order valence-corrected chi connectivity index (χ0v) is 16.1. The smallest absolute Gasteiger partial charge is 0.229 e. The van der Waals surface area contributed by atoms with Gasteiger partial charge in [0, 0.05) is 38.9 Å². The minimum atomic E-state index is -0.316. The molecule has 148 valence electrons. The SMILES string of the molecule is COCCCN1CC(C(=O)Nc2ccc(OCc3ccccc3)cc2)CC1=O. The molecule has 6 heteroatoms. The van der Waals surface area contributed by atoms with Crippen LogP contribution in [0.15, 0.2) is 54.6 Å². The van der Waals surface area contributed by atoms with E-state index in [2.05, 4.69) is 5.32 Å². The molecule has 2 aromatic rings. The van der Waals surface area contributed by atoms with E-state index in [0.717, 1.165) is 17.7 Å². The van der Waals surface area contributed by atoms with Crippen LogP contribution in [0.1, 0.15) is 18.4 Å². The quantitative estimate of drug-likeness (QED) is 0.677. The lowest BCUT2D eigenvalue weighted by Gasteiger charge is -2.16. The molecular weight excluding hydrogens is 356 g/mol. The molecule has 2 amide bonds. The molecule has 3 rings (SSSR count). The van der Waals surface area contributed by atoms with Gasteiger partial charge >= 0.3 is 0 Å². The van der Waals surface area contributed by atoms with Gasteiger partial charge in [-0.05, 0) is 36.2 Å². The van der Waals surface area contributed by atoms with E-state index < -0.39 is 0 Å². The van der Waals surface area contributed by atoms with Crippen molar-refractivity contribution in [1.82, 2.24) is 4.90 Å². The largest absolute Gasteiger partial charge is 0.489 e. The fourth-order valence-corrected chi connectivity index (χ4v) is 3.18. The molecule has 1 heterocycles. The van der Waals surface area contributed by atoms with Crippen molar-refractivity contribution in [3.05, 3.63) is 60.2 Å². The molecule has 0 radical (unpaired) electrons. The van der Waals surface area contributed by atoms with Gasteiger partial charge in [0.2, 0.25) is 11.8 Å². The Balaban J connectivity index is 1.47. The lowest BCUT2D eigenvalue weighted by molar-refractivity contribution is -0.128.